The maximum Gasteiger partial charge on any atom is 0.416 e. The average molecular weight is 605 g/mol. The monoisotopic (exact) mass is 604 g/mol. The van der Waals surface area contributed by atoms with E-state index >= 15 is 0 Å². The standard InChI is InChI=1S/C30H31F3N2O6S/c1-3-41-27(36)9-4-6-21-16-26(29(38)35(19(21)2)23-8-5-7-22(17-23)30(31,32)33)28(37)34-18-20-10-12-24(13-11-20)42(39,40)25-14-15-25/h5,7-8,10-13,16-17,25H,3-4,6,9,14-15,18H2,1-2H3,(H,34,37). The Labute approximate surface area is 241 Å². The number of nitrogens with one attached hydrogen (secondary N) is 1. The van der Waals surface area contributed by atoms with Crippen LogP contribution in [0.25, 0.3) is 5.69 Å². The highest BCUT2D eigenvalue weighted by Gasteiger charge is 2.36. The summed E-state index contributed by atoms with van der Waals surface area (Å²) in [6.07, 6.45) is -2.68. The van der Waals surface area contributed by atoms with Crippen molar-refractivity contribution in [2.24, 2.45) is 0 Å². The quantitative estimate of drug-likeness (QED) is 0.311. The van der Waals surface area contributed by atoms with Gasteiger partial charge in [0.1, 0.15) is 5.56 Å². The SMILES string of the molecule is CCOC(=O)CCCc1cc(C(=O)NCc2ccc(S(=O)(=O)C3CC3)cc2)c(=O)n(-c2cccc(C(F)(F)F)c2)c1C. The van der Waals surface area contributed by atoms with E-state index in [1.54, 1.807) is 26.0 Å². The van der Waals surface area contributed by atoms with Crippen LogP contribution < -0.4 is 10.9 Å². The van der Waals surface area contributed by atoms with Crippen molar-refractivity contribution in [1.82, 2.24) is 9.88 Å². The summed E-state index contributed by atoms with van der Waals surface area (Å²) in [6.45, 7) is 3.46. The van der Waals surface area contributed by atoms with E-state index in [0.29, 0.717) is 36.1 Å². The number of halogens is 3. The molecule has 0 radical (unpaired) electrons. The molecule has 0 aliphatic heterocycles. The lowest BCUT2D eigenvalue weighted by molar-refractivity contribution is -0.143. The normalized spacial score (nSPS) is 13.5. The van der Waals surface area contributed by atoms with Crippen LogP contribution in [0.2, 0.25) is 0 Å². The molecule has 1 fully saturated rings. The number of hydrogen-bond acceptors (Lipinski definition) is 6. The van der Waals surface area contributed by atoms with Gasteiger partial charge in [0.05, 0.1) is 22.3 Å². The topological polar surface area (TPSA) is 112 Å². The summed E-state index contributed by atoms with van der Waals surface area (Å²) >= 11 is 0. The Morgan fingerprint density at radius 3 is 2.38 bits per heavy atom. The molecule has 2 aromatic carbocycles. The number of nitrogens with zero attached hydrogens (tertiary/aromatic N) is 1. The molecule has 8 nitrogen and oxygen atoms in total. The van der Waals surface area contributed by atoms with E-state index in [9.17, 15) is 36.0 Å². The number of aromatic nitrogens is 1. The van der Waals surface area contributed by atoms with Crippen LogP contribution in [0.4, 0.5) is 13.2 Å². The zero-order valence-electron chi connectivity index (χ0n) is 23.2. The third-order valence-corrected chi connectivity index (χ3v) is 9.31. The van der Waals surface area contributed by atoms with Crippen molar-refractivity contribution in [1.29, 1.82) is 0 Å². The maximum absolute atomic E-state index is 13.5. The van der Waals surface area contributed by atoms with Gasteiger partial charge in [0, 0.05) is 24.3 Å². The number of sulfone groups is 1. The van der Waals surface area contributed by atoms with Gasteiger partial charge in [-0.05, 0) is 87.1 Å². The highest BCUT2D eigenvalue weighted by molar-refractivity contribution is 7.92. The number of carbonyl (C=O) groups is 2. The minimum atomic E-state index is -4.64. The van der Waals surface area contributed by atoms with Crippen LogP contribution in [0.15, 0.2) is 64.3 Å². The summed E-state index contributed by atoms with van der Waals surface area (Å²) in [6, 6.07) is 11.8. The van der Waals surface area contributed by atoms with Gasteiger partial charge in [0.2, 0.25) is 0 Å². The molecular formula is C30H31F3N2O6S. The molecule has 42 heavy (non-hydrogen) atoms. The maximum atomic E-state index is 13.5. The second kappa shape index (κ2) is 12.5. The second-order valence-electron chi connectivity index (χ2n) is 10.1. The van der Waals surface area contributed by atoms with Gasteiger partial charge in [0.25, 0.3) is 11.5 Å². The lowest BCUT2D eigenvalue weighted by Gasteiger charge is -2.18. The van der Waals surface area contributed by atoms with Gasteiger partial charge >= 0.3 is 12.1 Å². The molecule has 0 saturated heterocycles. The van der Waals surface area contributed by atoms with Crippen LogP contribution in [-0.4, -0.2) is 36.7 Å². The first kappa shape index (κ1) is 31.0. The molecule has 1 aromatic heterocycles. The van der Waals surface area contributed by atoms with Crippen LogP contribution in [0.3, 0.4) is 0 Å². The molecule has 1 N–H and O–H groups in total. The predicted molar refractivity (Wildman–Crippen MR) is 149 cm³/mol. The highest BCUT2D eigenvalue weighted by atomic mass is 32.2. The summed E-state index contributed by atoms with van der Waals surface area (Å²) in [7, 11) is -3.36. The first-order valence-corrected chi connectivity index (χ1v) is 15.1. The van der Waals surface area contributed by atoms with Crippen LogP contribution in [0, 0.1) is 6.92 Å². The molecule has 12 heteroatoms. The van der Waals surface area contributed by atoms with Crippen molar-refractivity contribution >= 4 is 21.7 Å². The molecule has 4 rings (SSSR count). The lowest BCUT2D eigenvalue weighted by atomic mass is 10.0. The third kappa shape index (κ3) is 7.10. The van der Waals surface area contributed by atoms with Crippen molar-refractivity contribution in [3.05, 3.63) is 92.9 Å². The Morgan fingerprint density at radius 2 is 1.76 bits per heavy atom. The fourth-order valence-electron chi connectivity index (χ4n) is 4.61. The smallest absolute Gasteiger partial charge is 0.416 e. The van der Waals surface area contributed by atoms with Crippen LogP contribution in [-0.2, 0) is 38.5 Å². The predicted octanol–water partition coefficient (Wildman–Crippen LogP) is 4.92. The molecule has 3 aromatic rings. The van der Waals surface area contributed by atoms with E-state index in [2.05, 4.69) is 5.32 Å². The molecule has 1 heterocycles. The van der Waals surface area contributed by atoms with Gasteiger partial charge in [-0.3, -0.25) is 19.0 Å². The van der Waals surface area contributed by atoms with Gasteiger partial charge in [-0.25, -0.2) is 8.42 Å². The van der Waals surface area contributed by atoms with Crippen LogP contribution in [0.5, 0.6) is 0 Å². The number of ether oxygens (including phenoxy) is 1. The van der Waals surface area contributed by atoms with E-state index in [1.807, 2.05) is 0 Å². The van der Waals surface area contributed by atoms with Crippen LogP contribution in [0.1, 0.15) is 65.3 Å². The minimum Gasteiger partial charge on any atom is -0.466 e. The van der Waals surface area contributed by atoms with Crippen LogP contribution >= 0.6 is 0 Å². The minimum absolute atomic E-state index is 0.0162. The summed E-state index contributed by atoms with van der Waals surface area (Å²) in [5.74, 6) is -1.16. The van der Waals surface area contributed by atoms with E-state index < -0.39 is 39.0 Å². The first-order chi connectivity index (χ1) is 19.8. The van der Waals surface area contributed by atoms with E-state index in [4.69, 9.17) is 4.74 Å². The van der Waals surface area contributed by atoms with Crippen molar-refractivity contribution in [2.45, 2.75) is 68.8 Å². The number of carbonyl (C=O) groups excluding carboxylic acids is 2. The van der Waals surface area contributed by atoms with Gasteiger partial charge in [-0.15, -0.1) is 0 Å². The Morgan fingerprint density at radius 1 is 1.07 bits per heavy atom. The zero-order valence-corrected chi connectivity index (χ0v) is 24.0. The van der Waals surface area contributed by atoms with Crippen molar-refractivity contribution in [3.8, 4) is 5.69 Å². The van der Waals surface area contributed by atoms with E-state index in [-0.39, 0.29) is 47.4 Å². The van der Waals surface area contributed by atoms with Gasteiger partial charge in [-0.1, -0.05) is 18.2 Å². The molecule has 1 aliphatic carbocycles. The Kier molecular flexibility index (Phi) is 9.24. The molecule has 0 unspecified atom stereocenters. The number of benzene rings is 2. The van der Waals surface area contributed by atoms with Gasteiger partial charge in [0.15, 0.2) is 9.84 Å². The lowest BCUT2D eigenvalue weighted by Crippen LogP contribution is -2.34. The number of pyridine rings is 1. The van der Waals surface area contributed by atoms with Gasteiger partial charge < -0.3 is 10.1 Å². The fourth-order valence-corrected chi connectivity index (χ4v) is 6.26. The Bertz CT molecular complexity index is 1640. The highest BCUT2D eigenvalue weighted by Crippen LogP contribution is 2.33. The van der Waals surface area contributed by atoms with E-state index in [0.717, 1.165) is 16.7 Å². The molecular weight excluding hydrogens is 573 g/mol. The first-order valence-electron chi connectivity index (χ1n) is 13.5. The number of esters is 1. The molecule has 1 aliphatic rings. The van der Waals surface area contributed by atoms with Crippen molar-refractivity contribution < 1.29 is 35.9 Å². The van der Waals surface area contributed by atoms with Gasteiger partial charge in [-0.2, -0.15) is 13.2 Å². The van der Waals surface area contributed by atoms with Crippen molar-refractivity contribution in [3.63, 3.8) is 0 Å². The number of hydrogen-bond donors (Lipinski definition) is 1. The number of aryl methyl sites for hydroxylation is 1. The summed E-state index contributed by atoms with van der Waals surface area (Å²) < 4.78 is 71.2. The molecule has 0 bridgehead atoms. The largest absolute Gasteiger partial charge is 0.466 e. The molecule has 0 atom stereocenters. The number of amides is 1. The molecule has 0 spiro atoms. The third-order valence-electron chi connectivity index (χ3n) is 7.03. The summed E-state index contributed by atoms with van der Waals surface area (Å²) in [5.41, 5.74) is -0.638. The number of rotatable bonds is 11. The Hall–Kier alpha value is -3.93. The average Bonchev–Trinajstić information content (AvgIpc) is 3.80. The fraction of sp³-hybridized carbons (Fsp3) is 0.367. The molecule has 1 saturated carbocycles. The Balaban J connectivity index is 1.63. The second-order valence-corrected chi connectivity index (χ2v) is 12.3. The summed E-state index contributed by atoms with van der Waals surface area (Å²) in [5, 5.41) is 2.29. The molecule has 1 amide bonds. The molecule has 224 valence electrons. The van der Waals surface area contributed by atoms with E-state index in [1.165, 1.54) is 30.3 Å². The zero-order chi connectivity index (χ0) is 30.7. The summed E-state index contributed by atoms with van der Waals surface area (Å²) in [4.78, 5) is 38.8. The number of alkyl halides is 3. The van der Waals surface area contributed by atoms with Crippen molar-refractivity contribution in [2.75, 3.05) is 6.61 Å².